The Bertz CT molecular complexity index is 896. The van der Waals surface area contributed by atoms with Gasteiger partial charge in [-0.15, -0.1) is 13.2 Å². The van der Waals surface area contributed by atoms with Crippen LogP contribution in [0.15, 0.2) is 71.3 Å². The molecule has 1 atom stereocenters. The molecule has 0 aliphatic heterocycles. The summed E-state index contributed by atoms with van der Waals surface area (Å²) in [7, 11) is 0. The first-order chi connectivity index (χ1) is 13.3. The molecule has 6 heteroatoms. The second kappa shape index (κ2) is 8.33. The van der Waals surface area contributed by atoms with E-state index in [0.717, 1.165) is 16.7 Å². The van der Waals surface area contributed by atoms with Crippen molar-refractivity contribution in [2.45, 2.75) is 32.0 Å². The third kappa shape index (κ3) is 5.25. The summed E-state index contributed by atoms with van der Waals surface area (Å²) in [5.74, 6) is 0.299. The maximum absolute atomic E-state index is 12.2. The van der Waals surface area contributed by atoms with Gasteiger partial charge in [-0.25, -0.2) is 0 Å². The standard InChI is InChI=1S/C22H19F3O3/c1-15(4-13-20(26)21-3-2-14-27-21)16-5-7-17(8-6-16)18-9-11-19(12-10-18)28-22(23,24)25/h2-3,5-12,14-15H,4,13H2,1H3. The Kier molecular flexibility index (Phi) is 5.87. The van der Waals surface area contributed by atoms with E-state index < -0.39 is 6.36 Å². The van der Waals surface area contributed by atoms with E-state index in [1.54, 1.807) is 24.3 Å². The number of furan rings is 1. The zero-order valence-corrected chi connectivity index (χ0v) is 15.2. The maximum atomic E-state index is 12.2. The van der Waals surface area contributed by atoms with Crippen LogP contribution in [-0.2, 0) is 0 Å². The van der Waals surface area contributed by atoms with Crippen LogP contribution in [0.4, 0.5) is 13.2 Å². The first kappa shape index (κ1) is 19.7. The molecule has 1 unspecified atom stereocenters. The van der Waals surface area contributed by atoms with Gasteiger partial charge >= 0.3 is 6.36 Å². The quantitative estimate of drug-likeness (QED) is 0.428. The van der Waals surface area contributed by atoms with Crippen LogP contribution in [0.3, 0.4) is 0 Å². The van der Waals surface area contributed by atoms with Gasteiger partial charge in [-0.05, 0) is 53.3 Å². The van der Waals surface area contributed by atoms with Crippen LogP contribution in [0.2, 0.25) is 0 Å². The second-order valence-corrected chi connectivity index (χ2v) is 6.53. The van der Waals surface area contributed by atoms with Gasteiger partial charge in [0.2, 0.25) is 0 Å². The molecule has 28 heavy (non-hydrogen) atoms. The third-order valence-corrected chi connectivity index (χ3v) is 4.50. The largest absolute Gasteiger partial charge is 0.573 e. The van der Waals surface area contributed by atoms with E-state index in [-0.39, 0.29) is 17.5 Å². The van der Waals surface area contributed by atoms with E-state index in [0.29, 0.717) is 18.6 Å². The maximum Gasteiger partial charge on any atom is 0.573 e. The first-order valence-electron chi connectivity index (χ1n) is 8.85. The van der Waals surface area contributed by atoms with E-state index in [9.17, 15) is 18.0 Å². The van der Waals surface area contributed by atoms with Gasteiger partial charge in [0.25, 0.3) is 0 Å². The summed E-state index contributed by atoms with van der Waals surface area (Å²) in [4.78, 5) is 12.0. The monoisotopic (exact) mass is 388 g/mol. The fourth-order valence-electron chi connectivity index (χ4n) is 2.93. The minimum absolute atomic E-state index is 0.0189. The average molecular weight is 388 g/mol. The van der Waals surface area contributed by atoms with Gasteiger partial charge in [0.1, 0.15) is 5.75 Å². The Morgan fingerprint density at radius 1 is 1.00 bits per heavy atom. The summed E-state index contributed by atoms with van der Waals surface area (Å²) in [6.45, 7) is 2.05. The Morgan fingerprint density at radius 2 is 1.61 bits per heavy atom. The van der Waals surface area contributed by atoms with Crippen LogP contribution >= 0.6 is 0 Å². The molecule has 3 aromatic rings. The van der Waals surface area contributed by atoms with E-state index in [1.807, 2.05) is 31.2 Å². The number of carbonyl (C=O) groups excluding carboxylic acids is 1. The minimum atomic E-state index is -4.70. The molecule has 0 N–H and O–H groups in total. The van der Waals surface area contributed by atoms with Crippen LogP contribution < -0.4 is 4.74 Å². The summed E-state index contributed by atoms with van der Waals surface area (Å²) in [6, 6.07) is 16.9. The van der Waals surface area contributed by atoms with Crippen molar-refractivity contribution >= 4 is 5.78 Å². The Morgan fingerprint density at radius 3 is 2.14 bits per heavy atom. The molecule has 146 valence electrons. The molecule has 0 fully saturated rings. The highest BCUT2D eigenvalue weighted by molar-refractivity contribution is 5.93. The molecule has 3 rings (SSSR count). The second-order valence-electron chi connectivity index (χ2n) is 6.53. The number of hydrogen-bond acceptors (Lipinski definition) is 3. The molecular weight excluding hydrogens is 369 g/mol. The lowest BCUT2D eigenvalue weighted by molar-refractivity contribution is -0.274. The smallest absolute Gasteiger partial charge is 0.461 e. The summed E-state index contributed by atoms with van der Waals surface area (Å²) >= 11 is 0. The molecule has 0 aliphatic rings. The Hall–Kier alpha value is -3.02. The molecule has 3 nitrogen and oxygen atoms in total. The lowest BCUT2D eigenvalue weighted by Crippen LogP contribution is -2.16. The lowest BCUT2D eigenvalue weighted by atomic mass is 9.93. The van der Waals surface area contributed by atoms with Crippen LogP contribution in [0, 0.1) is 0 Å². The van der Waals surface area contributed by atoms with Gasteiger partial charge in [0.05, 0.1) is 6.26 Å². The molecule has 1 aromatic heterocycles. The van der Waals surface area contributed by atoms with Crippen LogP contribution in [-0.4, -0.2) is 12.1 Å². The number of ether oxygens (including phenoxy) is 1. The Labute approximate surface area is 160 Å². The number of carbonyl (C=O) groups is 1. The molecule has 0 spiro atoms. The van der Waals surface area contributed by atoms with Crippen molar-refractivity contribution in [1.29, 1.82) is 0 Å². The van der Waals surface area contributed by atoms with E-state index >= 15 is 0 Å². The summed E-state index contributed by atoms with van der Waals surface area (Å²) in [5, 5.41) is 0. The van der Waals surface area contributed by atoms with Gasteiger partial charge in [-0.1, -0.05) is 43.3 Å². The summed E-state index contributed by atoms with van der Waals surface area (Å²) in [6.07, 6.45) is -2.12. The van der Waals surface area contributed by atoms with Crippen LogP contribution in [0.5, 0.6) is 5.75 Å². The highest BCUT2D eigenvalue weighted by Gasteiger charge is 2.30. The van der Waals surface area contributed by atoms with E-state index in [1.165, 1.54) is 18.4 Å². The molecule has 0 amide bonds. The number of Topliss-reactive ketones (excluding diaryl/α,β-unsaturated/α-hetero) is 1. The fourth-order valence-corrected chi connectivity index (χ4v) is 2.93. The number of hydrogen-bond donors (Lipinski definition) is 0. The highest BCUT2D eigenvalue weighted by atomic mass is 19.4. The van der Waals surface area contributed by atoms with Gasteiger partial charge < -0.3 is 9.15 Å². The number of halogens is 3. The molecular formula is C22H19F3O3. The molecule has 0 aliphatic carbocycles. The highest BCUT2D eigenvalue weighted by Crippen LogP contribution is 2.28. The van der Waals surface area contributed by atoms with Gasteiger partial charge in [-0.3, -0.25) is 4.79 Å². The number of rotatable bonds is 7. The first-order valence-corrected chi connectivity index (χ1v) is 8.85. The predicted octanol–water partition coefficient (Wildman–Crippen LogP) is 6.61. The normalized spacial score (nSPS) is 12.6. The molecule has 2 aromatic carbocycles. The van der Waals surface area contributed by atoms with Crippen molar-refractivity contribution in [1.82, 2.24) is 0 Å². The minimum Gasteiger partial charge on any atom is -0.461 e. The molecule has 0 saturated heterocycles. The van der Waals surface area contributed by atoms with Crippen LogP contribution in [0.25, 0.3) is 11.1 Å². The van der Waals surface area contributed by atoms with Crippen molar-refractivity contribution in [2.24, 2.45) is 0 Å². The van der Waals surface area contributed by atoms with Gasteiger partial charge in [0.15, 0.2) is 11.5 Å². The van der Waals surface area contributed by atoms with Gasteiger partial charge in [-0.2, -0.15) is 0 Å². The summed E-state index contributed by atoms with van der Waals surface area (Å²) in [5.41, 5.74) is 2.77. The SMILES string of the molecule is CC(CCC(=O)c1ccco1)c1ccc(-c2ccc(OC(F)(F)F)cc2)cc1. The zero-order chi connectivity index (χ0) is 20.1. The third-order valence-electron chi connectivity index (χ3n) is 4.50. The van der Waals surface area contributed by atoms with Crippen LogP contribution in [0.1, 0.15) is 41.8 Å². The van der Waals surface area contributed by atoms with Crippen molar-refractivity contribution in [3.05, 3.63) is 78.3 Å². The lowest BCUT2D eigenvalue weighted by Gasteiger charge is -2.12. The van der Waals surface area contributed by atoms with E-state index in [2.05, 4.69) is 4.74 Å². The average Bonchev–Trinajstić information content (AvgIpc) is 3.20. The Balaban J connectivity index is 1.60. The van der Waals surface area contributed by atoms with Crippen molar-refractivity contribution in [3.8, 4) is 16.9 Å². The predicted molar refractivity (Wildman–Crippen MR) is 99.2 cm³/mol. The number of ketones is 1. The molecule has 0 radical (unpaired) electrons. The number of benzene rings is 2. The van der Waals surface area contributed by atoms with E-state index in [4.69, 9.17) is 4.42 Å². The van der Waals surface area contributed by atoms with Crippen molar-refractivity contribution in [2.75, 3.05) is 0 Å². The zero-order valence-electron chi connectivity index (χ0n) is 15.2. The molecule has 0 bridgehead atoms. The fraction of sp³-hybridized carbons (Fsp3) is 0.227. The topological polar surface area (TPSA) is 39.4 Å². The van der Waals surface area contributed by atoms with Crippen molar-refractivity contribution in [3.63, 3.8) is 0 Å². The van der Waals surface area contributed by atoms with Gasteiger partial charge in [0, 0.05) is 6.42 Å². The summed E-state index contributed by atoms with van der Waals surface area (Å²) < 4.78 is 45.7. The number of alkyl halides is 3. The van der Waals surface area contributed by atoms with Crippen molar-refractivity contribution < 1.29 is 27.1 Å². The molecule has 0 saturated carbocycles. The molecule has 1 heterocycles.